The molecule has 0 aliphatic rings. The van der Waals surface area contributed by atoms with Gasteiger partial charge in [-0.25, -0.2) is 0 Å². The molecule has 0 aliphatic carbocycles. The van der Waals surface area contributed by atoms with E-state index in [0.29, 0.717) is 11.6 Å². The lowest BCUT2D eigenvalue weighted by Crippen LogP contribution is -2.47. The summed E-state index contributed by atoms with van der Waals surface area (Å²) in [6, 6.07) is 5.38. The van der Waals surface area contributed by atoms with Gasteiger partial charge in [0.15, 0.2) is 0 Å². The highest BCUT2D eigenvalue weighted by atomic mass is 35.5. The minimum absolute atomic E-state index is 0.680. The maximum Gasteiger partial charge on any atom is 0.101 e. The van der Waals surface area contributed by atoms with E-state index in [2.05, 4.69) is 5.73 Å². The first-order chi connectivity index (χ1) is 4.74. The highest BCUT2D eigenvalue weighted by Crippen LogP contribution is 2.19. The SMILES string of the molecule is [NH3+]Cc1cc(Cl)ccc1Cl. The summed E-state index contributed by atoms with van der Waals surface area (Å²) in [5, 5.41) is 1.45. The molecule has 0 fully saturated rings. The predicted octanol–water partition coefficient (Wildman–Crippen LogP) is 1.74. The molecule has 0 unspecified atom stereocenters. The summed E-state index contributed by atoms with van der Waals surface area (Å²) in [5.74, 6) is 0. The molecule has 0 atom stereocenters. The minimum Gasteiger partial charge on any atom is -0.354 e. The third kappa shape index (κ3) is 1.63. The summed E-state index contributed by atoms with van der Waals surface area (Å²) in [6.07, 6.45) is 0. The molecule has 1 rings (SSSR count). The Kier molecular flexibility index (Phi) is 2.55. The van der Waals surface area contributed by atoms with Crippen molar-refractivity contribution in [2.75, 3.05) is 0 Å². The van der Waals surface area contributed by atoms with Crippen molar-refractivity contribution >= 4 is 23.2 Å². The van der Waals surface area contributed by atoms with E-state index in [9.17, 15) is 0 Å². The standard InChI is InChI=1S/C7H7Cl2N/c8-6-1-2-7(9)5(3-6)4-10/h1-3H,4,10H2/p+1. The molecule has 0 bridgehead atoms. The molecule has 1 nitrogen and oxygen atoms in total. The highest BCUT2D eigenvalue weighted by molar-refractivity contribution is 6.33. The van der Waals surface area contributed by atoms with Crippen LogP contribution in [-0.2, 0) is 6.54 Å². The molecule has 1 aromatic carbocycles. The van der Waals surface area contributed by atoms with E-state index >= 15 is 0 Å². The second-order valence-corrected chi connectivity index (χ2v) is 2.83. The van der Waals surface area contributed by atoms with Crippen LogP contribution in [0.1, 0.15) is 5.56 Å². The van der Waals surface area contributed by atoms with Gasteiger partial charge in [0.2, 0.25) is 0 Å². The van der Waals surface area contributed by atoms with E-state index in [1.165, 1.54) is 0 Å². The summed E-state index contributed by atoms with van der Waals surface area (Å²) >= 11 is 11.5. The fourth-order valence-electron chi connectivity index (χ4n) is 0.735. The second-order valence-electron chi connectivity index (χ2n) is 1.99. The average molecular weight is 177 g/mol. The van der Waals surface area contributed by atoms with Gasteiger partial charge >= 0.3 is 0 Å². The molecule has 0 aromatic heterocycles. The molecular formula is C7H8Cl2N+. The lowest BCUT2D eigenvalue weighted by molar-refractivity contribution is -0.386. The first-order valence-electron chi connectivity index (χ1n) is 2.97. The number of hydrogen-bond donors (Lipinski definition) is 1. The Balaban J connectivity index is 3.09. The maximum absolute atomic E-state index is 5.80. The summed E-state index contributed by atoms with van der Waals surface area (Å²) in [5.41, 5.74) is 4.71. The van der Waals surface area contributed by atoms with Crippen molar-refractivity contribution in [3.05, 3.63) is 33.8 Å². The molecule has 54 valence electrons. The number of rotatable bonds is 1. The molecule has 0 saturated heterocycles. The van der Waals surface area contributed by atoms with E-state index in [-0.39, 0.29) is 0 Å². The predicted molar refractivity (Wildman–Crippen MR) is 43.1 cm³/mol. The van der Waals surface area contributed by atoms with Gasteiger partial charge in [0, 0.05) is 15.6 Å². The molecule has 3 heteroatoms. The number of hydrogen-bond acceptors (Lipinski definition) is 0. The van der Waals surface area contributed by atoms with E-state index < -0.39 is 0 Å². The highest BCUT2D eigenvalue weighted by Gasteiger charge is 1.98. The van der Waals surface area contributed by atoms with Crippen LogP contribution < -0.4 is 5.73 Å². The molecule has 0 radical (unpaired) electrons. The normalized spacial score (nSPS) is 9.90. The monoisotopic (exact) mass is 176 g/mol. The summed E-state index contributed by atoms with van der Waals surface area (Å²) in [6.45, 7) is 0.680. The van der Waals surface area contributed by atoms with E-state index in [0.717, 1.165) is 10.6 Å². The van der Waals surface area contributed by atoms with Crippen molar-refractivity contribution in [3.8, 4) is 0 Å². The van der Waals surface area contributed by atoms with E-state index in [4.69, 9.17) is 23.2 Å². The van der Waals surface area contributed by atoms with Crippen molar-refractivity contribution in [2.45, 2.75) is 6.54 Å². The smallest absolute Gasteiger partial charge is 0.101 e. The quantitative estimate of drug-likeness (QED) is 0.676. The number of quaternary nitrogens is 1. The van der Waals surface area contributed by atoms with Crippen molar-refractivity contribution in [3.63, 3.8) is 0 Å². The molecule has 1 aromatic rings. The number of benzene rings is 1. The fourth-order valence-corrected chi connectivity index (χ4v) is 1.14. The van der Waals surface area contributed by atoms with Crippen LogP contribution in [-0.4, -0.2) is 0 Å². The van der Waals surface area contributed by atoms with Crippen LogP contribution in [0.15, 0.2) is 18.2 Å². The molecule has 10 heavy (non-hydrogen) atoms. The Morgan fingerprint density at radius 3 is 2.50 bits per heavy atom. The van der Waals surface area contributed by atoms with E-state index in [1.807, 2.05) is 6.07 Å². The van der Waals surface area contributed by atoms with Crippen LogP contribution >= 0.6 is 23.2 Å². The van der Waals surface area contributed by atoms with Gasteiger partial charge in [-0.15, -0.1) is 0 Å². The summed E-state index contributed by atoms with van der Waals surface area (Å²) in [4.78, 5) is 0. The largest absolute Gasteiger partial charge is 0.354 e. The Labute approximate surface area is 69.7 Å². The lowest BCUT2D eigenvalue weighted by atomic mass is 10.2. The minimum atomic E-state index is 0.680. The van der Waals surface area contributed by atoms with Gasteiger partial charge in [0.1, 0.15) is 6.54 Å². The summed E-state index contributed by atoms with van der Waals surface area (Å²) < 4.78 is 0. The van der Waals surface area contributed by atoms with E-state index in [1.54, 1.807) is 12.1 Å². The molecular weight excluding hydrogens is 169 g/mol. The van der Waals surface area contributed by atoms with Gasteiger partial charge in [0.05, 0.1) is 0 Å². The van der Waals surface area contributed by atoms with Crippen LogP contribution in [0.4, 0.5) is 0 Å². The topological polar surface area (TPSA) is 27.6 Å². The Morgan fingerprint density at radius 1 is 1.30 bits per heavy atom. The van der Waals surface area contributed by atoms with Gasteiger partial charge in [0.25, 0.3) is 0 Å². The Morgan fingerprint density at radius 2 is 2.00 bits per heavy atom. The first-order valence-corrected chi connectivity index (χ1v) is 3.73. The van der Waals surface area contributed by atoms with Crippen LogP contribution in [0.25, 0.3) is 0 Å². The van der Waals surface area contributed by atoms with Crippen LogP contribution in [0, 0.1) is 0 Å². The zero-order chi connectivity index (χ0) is 7.56. The lowest BCUT2D eigenvalue weighted by Gasteiger charge is -1.97. The molecule has 0 spiro atoms. The van der Waals surface area contributed by atoms with Gasteiger partial charge in [-0.2, -0.15) is 0 Å². The van der Waals surface area contributed by atoms with Gasteiger partial charge in [-0.1, -0.05) is 23.2 Å². The van der Waals surface area contributed by atoms with Crippen molar-refractivity contribution in [2.24, 2.45) is 0 Å². The molecule has 0 heterocycles. The second kappa shape index (κ2) is 3.24. The fraction of sp³-hybridized carbons (Fsp3) is 0.143. The molecule has 3 N–H and O–H groups in total. The third-order valence-electron chi connectivity index (χ3n) is 1.28. The van der Waals surface area contributed by atoms with Crippen molar-refractivity contribution in [1.29, 1.82) is 0 Å². The number of halogens is 2. The zero-order valence-corrected chi connectivity index (χ0v) is 6.91. The maximum atomic E-state index is 5.80. The Hall–Kier alpha value is -0.240. The van der Waals surface area contributed by atoms with Crippen molar-refractivity contribution in [1.82, 2.24) is 0 Å². The third-order valence-corrected chi connectivity index (χ3v) is 1.88. The van der Waals surface area contributed by atoms with Crippen molar-refractivity contribution < 1.29 is 5.73 Å². The average Bonchev–Trinajstić information content (AvgIpc) is 1.94. The summed E-state index contributed by atoms with van der Waals surface area (Å²) in [7, 11) is 0. The van der Waals surface area contributed by atoms with Crippen LogP contribution in [0.2, 0.25) is 10.0 Å². The van der Waals surface area contributed by atoms with Gasteiger partial charge in [-0.05, 0) is 18.2 Å². The van der Waals surface area contributed by atoms with Gasteiger partial charge in [-0.3, -0.25) is 0 Å². The van der Waals surface area contributed by atoms with Crippen LogP contribution in [0.3, 0.4) is 0 Å². The van der Waals surface area contributed by atoms with Gasteiger partial charge < -0.3 is 5.73 Å². The van der Waals surface area contributed by atoms with Crippen LogP contribution in [0.5, 0.6) is 0 Å². The first kappa shape index (κ1) is 7.86. The zero-order valence-electron chi connectivity index (χ0n) is 5.40. The molecule has 0 saturated carbocycles. The Bertz CT molecular complexity index is 235. The molecule has 0 amide bonds. The molecule has 0 aliphatic heterocycles.